The third-order valence-electron chi connectivity index (χ3n) is 3.11. The summed E-state index contributed by atoms with van der Waals surface area (Å²) in [5, 5.41) is 2.85. The van der Waals surface area contributed by atoms with Gasteiger partial charge in [-0.1, -0.05) is 46.3 Å². The van der Waals surface area contributed by atoms with Crippen molar-refractivity contribution >= 4 is 21.8 Å². The summed E-state index contributed by atoms with van der Waals surface area (Å²) in [6.07, 6.45) is 0. The molecule has 3 nitrogen and oxygen atoms in total. The lowest BCUT2D eigenvalue weighted by atomic mass is 10.1. The van der Waals surface area contributed by atoms with Crippen LogP contribution in [0.2, 0.25) is 0 Å². The van der Waals surface area contributed by atoms with Crippen LogP contribution in [0.3, 0.4) is 0 Å². The molecule has 4 heteroatoms. The largest absolute Gasteiger partial charge is 0.483 e. The Hall–Kier alpha value is -1.81. The third kappa shape index (κ3) is 4.60. The predicted molar refractivity (Wildman–Crippen MR) is 87.4 cm³/mol. The van der Waals surface area contributed by atoms with Crippen molar-refractivity contribution < 1.29 is 9.53 Å². The molecular weight excluding hydrogens is 330 g/mol. The maximum absolute atomic E-state index is 11.8. The van der Waals surface area contributed by atoms with E-state index in [2.05, 4.69) is 21.2 Å². The average Bonchev–Trinajstić information content (AvgIpc) is 2.45. The van der Waals surface area contributed by atoms with Gasteiger partial charge < -0.3 is 10.1 Å². The first-order chi connectivity index (χ1) is 10.1. The van der Waals surface area contributed by atoms with Gasteiger partial charge in [0.25, 0.3) is 5.91 Å². The number of aryl methyl sites for hydroxylation is 2. The van der Waals surface area contributed by atoms with Crippen LogP contribution >= 0.6 is 15.9 Å². The lowest BCUT2D eigenvalue weighted by molar-refractivity contribution is -0.123. The zero-order valence-electron chi connectivity index (χ0n) is 12.2. The fraction of sp³-hybridized carbons (Fsp3) is 0.235. The first kappa shape index (κ1) is 15.6. The number of nitrogens with one attached hydrogen (secondary N) is 1. The van der Waals surface area contributed by atoms with E-state index in [1.807, 2.05) is 56.3 Å². The first-order valence-corrected chi connectivity index (χ1v) is 7.55. The van der Waals surface area contributed by atoms with Gasteiger partial charge >= 0.3 is 0 Å². The molecule has 0 aliphatic rings. The van der Waals surface area contributed by atoms with Crippen LogP contribution < -0.4 is 10.1 Å². The summed E-state index contributed by atoms with van der Waals surface area (Å²) in [5.41, 5.74) is 3.09. The molecule has 0 atom stereocenters. The Morgan fingerprint density at radius 3 is 2.38 bits per heavy atom. The lowest BCUT2D eigenvalue weighted by Gasteiger charge is -2.12. The molecule has 0 heterocycles. The number of carbonyl (C=O) groups is 1. The molecule has 1 N–H and O–H groups in total. The van der Waals surface area contributed by atoms with Crippen LogP contribution in [0.15, 0.2) is 46.9 Å². The van der Waals surface area contributed by atoms with Gasteiger partial charge in [-0.25, -0.2) is 0 Å². The van der Waals surface area contributed by atoms with E-state index >= 15 is 0 Å². The first-order valence-electron chi connectivity index (χ1n) is 6.76. The number of amides is 1. The van der Waals surface area contributed by atoms with Crippen LogP contribution in [0.1, 0.15) is 16.7 Å². The zero-order valence-corrected chi connectivity index (χ0v) is 13.7. The molecule has 21 heavy (non-hydrogen) atoms. The summed E-state index contributed by atoms with van der Waals surface area (Å²) < 4.78 is 6.65. The summed E-state index contributed by atoms with van der Waals surface area (Å²) in [4.78, 5) is 11.8. The molecule has 2 rings (SSSR count). The SMILES string of the molecule is Cc1cc(Br)cc(C)c1OCC(=O)NCc1ccccc1. The van der Waals surface area contributed by atoms with Crippen molar-refractivity contribution in [3.63, 3.8) is 0 Å². The Kier molecular flexibility index (Phi) is 5.39. The van der Waals surface area contributed by atoms with Gasteiger partial charge in [0.05, 0.1) is 0 Å². The van der Waals surface area contributed by atoms with Gasteiger partial charge in [0.15, 0.2) is 6.61 Å². The van der Waals surface area contributed by atoms with E-state index in [-0.39, 0.29) is 12.5 Å². The molecule has 0 unspecified atom stereocenters. The Bertz CT molecular complexity index is 603. The molecule has 1 amide bonds. The van der Waals surface area contributed by atoms with E-state index in [1.54, 1.807) is 0 Å². The Morgan fingerprint density at radius 2 is 1.76 bits per heavy atom. The minimum absolute atomic E-state index is 0.0240. The number of rotatable bonds is 5. The number of benzene rings is 2. The van der Waals surface area contributed by atoms with Crippen LogP contribution in [0, 0.1) is 13.8 Å². The van der Waals surface area contributed by atoms with Crippen molar-refractivity contribution in [1.29, 1.82) is 0 Å². The topological polar surface area (TPSA) is 38.3 Å². The third-order valence-corrected chi connectivity index (χ3v) is 3.56. The molecule has 0 bridgehead atoms. The van der Waals surface area contributed by atoms with Gasteiger partial charge in [-0.2, -0.15) is 0 Å². The van der Waals surface area contributed by atoms with Crippen molar-refractivity contribution in [2.24, 2.45) is 0 Å². The number of halogens is 1. The Morgan fingerprint density at radius 1 is 1.14 bits per heavy atom. The molecule has 110 valence electrons. The van der Waals surface area contributed by atoms with Crippen molar-refractivity contribution in [1.82, 2.24) is 5.32 Å². The van der Waals surface area contributed by atoms with Gasteiger partial charge in [-0.3, -0.25) is 4.79 Å². The van der Waals surface area contributed by atoms with Gasteiger partial charge in [-0.05, 0) is 42.7 Å². The van der Waals surface area contributed by atoms with Gasteiger partial charge in [0, 0.05) is 11.0 Å². The molecule has 0 spiro atoms. The second-order valence-electron chi connectivity index (χ2n) is 4.92. The van der Waals surface area contributed by atoms with Crippen molar-refractivity contribution in [2.75, 3.05) is 6.61 Å². The molecule has 0 saturated carbocycles. The summed E-state index contributed by atoms with van der Waals surface area (Å²) in [5.74, 6) is 0.647. The standard InChI is InChI=1S/C17H18BrNO2/c1-12-8-15(18)9-13(2)17(12)21-11-16(20)19-10-14-6-4-3-5-7-14/h3-9H,10-11H2,1-2H3,(H,19,20). The second-order valence-corrected chi connectivity index (χ2v) is 5.84. The molecular formula is C17H18BrNO2. The van der Waals surface area contributed by atoms with Crippen molar-refractivity contribution in [3.8, 4) is 5.75 Å². The van der Waals surface area contributed by atoms with Crippen LogP contribution in [-0.4, -0.2) is 12.5 Å². The predicted octanol–water partition coefficient (Wildman–Crippen LogP) is 3.76. The van der Waals surface area contributed by atoms with Crippen LogP contribution in [0.5, 0.6) is 5.75 Å². The average molecular weight is 348 g/mol. The molecule has 0 aromatic heterocycles. The molecule has 2 aromatic rings. The lowest BCUT2D eigenvalue weighted by Crippen LogP contribution is -2.28. The van der Waals surface area contributed by atoms with E-state index in [4.69, 9.17) is 4.74 Å². The quantitative estimate of drug-likeness (QED) is 0.894. The highest BCUT2D eigenvalue weighted by molar-refractivity contribution is 9.10. The zero-order chi connectivity index (χ0) is 15.2. The molecule has 0 aliphatic heterocycles. The highest BCUT2D eigenvalue weighted by atomic mass is 79.9. The van der Waals surface area contributed by atoms with E-state index in [1.165, 1.54) is 0 Å². The Balaban J connectivity index is 1.87. The normalized spacial score (nSPS) is 10.2. The van der Waals surface area contributed by atoms with Crippen molar-refractivity contribution in [3.05, 3.63) is 63.6 Å². The number of carbonyl (C=O) groups excluding carboxylic acids is 1. The number of hydrogen-bond donors (Lipinski definition) is 1. The van der Waals surface area contributed by atoms with Crippen LogP contribution in [-0.2, 0) is 11.3 Å². The maximum Gasteiger partial charge on any atom is 0.258 e. The highest BCUT2D eigenvalue weighted by Crippen LogP contribution is 2.27. The Labute approximate surface area is 133 Å². The fourth-order valence-electron chi connectivity index (χ4n) is 2.11. The van der Waals surface area contributed by atoms with Gasteiger partial charge in [0.2, 0.25) is 0 Å². The molecule has 0 saturated heterocycles. The molecule has 0 aliphatic carbocycles. The summed E-state index contributed by atoms with van der Waals surface area (Å²) in [6.45, 7) is 4.47. The number of ether oxygens (including phenoxy) is 1. The summed E-state index contributed by atoms with van der Waals surface area (Å²) in [7, 11) is 0. The fourth-order valence-corrected chi connectivity index (χ4v) is 2.80. The second kappa shape index (κ2) is 7.27. The van der Waals surface area contributed by atoms with E-state index in [9.17, 15) is 4.79 Å². The van der Waals surface area contributed by atoms with Crippen LogP contribution in [0.25, 0.3) is 0 Å². The van der Waals surface area contributed by atoms with Gasteiger partial charge in [0.1, 0.15) is 5.75 Å². The summed E-state index contributed by atoms with van der Waals surface area (Å²) >= 11 is 3.44. The highest BCUT2D eigenvalue weighted by Gasteiger charge is 2.08. The van der Waals surface area contributed by atoms with Gasteiger partial charge in [-0.15, -0.1) is 0 Å². The smallest absolute Gasteiger partial charge is 0.258 e. The van der Waals surface area contributed by atoms with Crippen LogP contribution in [0.4, 0.5) is 0 Å². The minimum Gasteiger partial charge on any atom is -0.483 e. The van der Waals surface area contributed by atoms with E-state index < -0.39 is 0 Å². The molecule has 2 aromatic carbocycles. The minimum atomic E-state index is -0.124. The monoisotopic (exact) mass is 347 g/mol. The van der Waals surface area contributed by atoms with Crippen molar-refractivity contribution in [2.45, 2.75) is 20.4 Å². The summed E-state index contributed by atoms with van der Waals surface area (Å²) in [6, 6.07) is 13.8. The number of hydrogen-bond acceptors (Lipinski definition) is 2. The van der Waals surface area contributed by atoms with E-state index in [0.29, 0.717) is 6.54 Å². The molecule has 0 fully saturated rings. The maximum atomic E-state index is 11.8. The molecule has 0 radical (unpaired) electrons. The van der Waals surface area contributed by atoms with E-state index in [0.717, 1.165) is 26.9 Å².